The highest BCUT2D eigenvalue weighted by Crippen LogP contribution is 2.39. The van der Waals surface area contributed by atoms with Crippen molar-refractivity contribution < 1.29 is 18.8 Å². The summed E-state index contributed by atoms with van der Waals surface area (Å²) in [5.41, 5.74) is -0.626. The molecule has 0 aromatic heterocycles. The molecule has 1 fully saturated rings. The van der Waals surface area contributed by atoms with E-state index in [1.807, 2.05) is 27.7 Å². The number of esters is 1. The van der Waals surface area contributed by atoms with Crippen molar-refractivity contribution in [2.75, 3.05) is 7.11 Å². The summed E-state index contributed by atoms with van der Waals surface area (Å²) in [5.74, 6) is -0.191. The summed E-state index contributed by atoms with van der Waals surface area (Å²) in [6.07, 6.45) is 1.10. The molecule has 1 rings (SSSR count). The number of methoxy groups -OCH3 is 1. The predicted octanol–water partition coefficient (Wildman–Crippen LogP) is 2.37. The van der Waals surface area contributed by atoms with Gasteiger partial charge >= 0.3 is 13.1 Å². The number of carbonyl (C=O) groups is 1. The molecule has 98 valence electrons. The molecule has 1 unspecified atom stereocenters. The highest BCUT2D eigenvalue weighted by Gasteiger charge is 2.53. The van der Waals surface area contributed by atoms with Crippen LogP contribution in [0.25, 0.3) is 0 Å². The Hall–Kier alpha value is 0.185. The molecule has 17 heavy (non-hydrogen) atoms. The van der Waals surface area contributed by atoms with E-state index >= 15 is 0 Å². The van der Waals surface area contributed by atoms with Gasteiger partial charge in [0.2, 0.25) is 0 Å². The van der Waals surface area contributed by atoms with Gasteiger partial charge in [-0.25, -0.2) is 0 Å². The first-order valence-corrected chi connectivity index (χ1v) is 7.01. The van der Waals surface area contributed by atoms with E-state index in [1.165, 1.54) is 7.11 Å². The first-order chi connectivity index (χ1) is 7.69. The normalized spacial score (nSPS) is 23.5. The van der Waals surface area contributed by atoms with Crippen molar-refractivity contribution in [3.63, 3.8) is 0 Å². The fraction of sp³-hybridized carbons (Fsp3) is 0.909. The minimum absolute atomic E-state index is 0.146. The lowest BCUT2D eigenvalue weighted by Crippen LogP contribution is -2.41. The molecule has 1 aliphatic rings. The number of alkyl halides is 1. The molecule has 0 radical (unpaired) electrons. The first kappa shape index (κ1) is 15.2. The fourth-order valence-electron chi connectivity index (χ4n) is 1.53. The molecule has 0 aromatic carbocycles. The van der Waals surface area contributed by atoms with Crippen LogP contribution in [0.4, 0.5) is 0 Å². The molecule has 1 aliphatic heterocycles. The van der Waals surface area contributed by atoms with E-state index in [2.05, 4.69) is 27.3 Å². The molecule has 0 aromatic rings. The number of halogens is 1. The van der Waals surface area contributed by atoms with E-state index < -0.39 is 0 Å². The molecule has 4 nitrogen and oxygen atoms in total. The predicted molar refractivity (Wildman–Crippen MR) is 75.1 cm³/mol. The third-order valence-corrected chi connectivity index (χ3v) is 4.63. The lowest BCUT2D eigenvalue weighted by molar-refractivity contribution is -0.140. The van der Waals surface area contributed by atoms with Crippen LogP contribution in [0.15, 0.2) is 0 Å². The molecule has 6 heteroatoms. The van der Waals surface area contributed by atoms with E-state index in [0.29, 0.717) is 12.8 Å². The van der Waals surface area contributed by atoms with E-state index in [9.17, 15) is 4.79 Å². The summed E-state index contributed by atoms with van der Waals surface area (Å²) >= 11 is 2.27. The number of carbonyl (C=O) groups excluding carboxylic acids is 1. The maximum Gasteiger partial charge on any atom is 0.471 e. The maximum absolute atomic E-state index is 11.1. The van der Waals surface area contributed by atoms with Gasteiger partial charge in [-0.05, 0) is 34.1 Å². The van der Waals surface area contributed by atoms with Gasteiger partial charge in [-0.1, -0.05) is 22.6 Å². The standard InChI is InChI=1S/C11H20BIO4/c1-10(2)11(3,4)17-12(16-10)8(13)6-7-9(14)15-5/h8H,6-7H2,1-5H3. The minimum Gasteiger partial charge on any atom is -0.469 e. The maximum atomic E-state index is 11.1. The molecule has 1 heterocycles. The molecule has 0 aliphatic carbocycles. The quantitative estimate of drug-likeness (QED) is 0.337. The highest BCUT2D eigenvalue weighted by molar-refractivity contribution is 14.1. The van der Waals surface area contributed by atoms with Gasteiger partial charge in [-0.2, -0.15) is 0 Å². The average molecular weight is 354 g/mol. The Labute approximate surface area is 117 Å². The zero-order valence-corrected chi connectivity index (χ0v) is 13.2. The number of hydrogen-bond donors (Lipinski definition) is 0. The summed E-state index contributed by atoms with van der Waals surface area (Å²) in [6, 6.07) is 0. The Morgan fingerprint density at radius 3 is 2.18 bits per heavy atom. The number of rotatable bonds is 4. The summed E-state index contributed by atoms with van der Waals surface area (Å²) in [4.78, 5) is 11.1. The van der Waals surface area contributed by atoms with Crippen LogP contribution in [-0.2, 0) is 18.8 Å². The minimum atomic E-state index is -0.313. The summed E-state index contributed by atoms with van der Waals surface area (Å²) in [7, 11) is 1.14. The summed E-state index contributed by atoms with van der Waals surface area (Å²) in [5, 5.41) is 0. The van der Waals surface area contributed by atoms with Gasteiger partial charge < -0.3 is 14.0 Å². The van der Waals surface area contributed by atoms with Crippen LogP contribution < -0.4 is 0 Å². The molecular weight excluding hydrogens is 334 g/mol. The van der Waals surface area contributed by atoms with Gasteiger partial charge in [0, 0.05) is 10.2 Å². The molecular formula is C11H20BIO4. The molecule has 0 spiro atoms. The van der Waals surface area contributed by atoms with Gasteiger partial charge in [0.05, 0.1) is 18.3 Å². The smallest absolute Gasteiger partial charge is 0.469 e. The first-order valence-electron chi connectivity index (χ1n) is 5.76. The van der Waals surface area contributed by atoms with Crippen molar-refractivity contribution in [2.24, 2.45) is 0 Å². The third-order valence-electron chi connectivity index (χ3n) is 3.42. The van der Waals surface area contributed by atoms with Crippen molar-refractivity contribution in [3.05, 3.63) is 0 Å². The van der Waals surface area contributed by atoms with Crippen molar-refractivity contribution >= 4 is 35.7 Å². The van der Waals surface area contributed by atoms with Gasteiger partial charge in [0.25, 0.3) is 0 Å². The second-order valence-electron chi connectivity index (χ2n) is 5.26. The SMILES string of the molecule is COC(=O)CCC(I)B1OC(C)(C)C(C)(C)O1. The lowest BCUT2D eigenvalue weighted by atomic mass is 9.82. The van der Waals surface area contributed by atoms with Crippen molar-refractivity contribution in [1.82, 2.24) is 0 Å². The van der Waals surface area contributed by atoms with Crippen LogP contribution in [0.3, 0.4) is 0 Å². The van der Waals surface area contributed by atoms with E-state index in [0.717, 1.165) is 0 Å². The second kappa shape index (κ2) is 5.44. The van der Waals surface area contributed by atoms with Crippen LogP contribution in [0, 0.1) is 0 Å². The monoisotopic (exact) mass is 354 g/mol. The van der Waals surface area contributed by atoms with Crippen molar-refractivity contribution in [3.8, 4) is 0 Å². The Bertz CT molecular complexity index is 277. The van der Waals surface area contributed by atoms with Crippen molar-refractivity contribution in [1.29, 1.82) is 0 Å². The largest absolute Gasteiger partial charge is 0.471 e. The highest BCUT2D eigenvalue weighted by atomic mass is 127. The second-order valence-corrected chi connectivity index (χ2v) is 6.86. The molecule has 0 amide bonds. The Balaban J connectivity index is 2.51. The molecule has 0 N–H and O–H groups in total. The van der Waals surface area contributed by atoms with Crippen LogP contribution in [0.2, 0.25) is 0 Å². The molecule has 1 atom stereocenters. The topological polar surface area (TPSA) is 44.8 Å². The van der Waals surface area contributed by atoms with E-state index in [1.54, 1.807) is 0 Å². The van der Waals surface area contributed by atoms with E-state index in [-0.39, 0.29) is 28.1 Å². The zero-order valence-electron chi connectivity index (χ0n) is 11.1. The number of hydrogen-bond acceptors (Lipinski definition) is 4. The summed E-state index contributed by atoms with van der Waals surface area (Å²) < 4.78 is 16.6. The lowest BCUT2D eigenvalue weighted by Gasteiger charge is -2.32. The molecule has 0 saturated carbocycles. The molecule has 1 saturated heterocycles. The van der Waals surface area contributed by atoms with Crippen LogP contribution in [0.5, 0.6) is 0 Å². The van der Waals surface area contributed by atoms with Gasteiger partial charge in [0.15, 0.2) is 0 Å². The van der Waals surface area contributed by atoms with E-state index in [4.69, 9.17) is 9.31 Å². The van der Waals surface area contributed by atoms with Crippen LogP contribution in [0.1, 0.15) is 40.5 Å². The Morgan fingerprint density at radius 1 is 1.29 bits per heavy atom. The Morgan fingerprint density at radius 2 is 1.76 bits per heavy atom. The molecule has 0 bridgehead atoms. The van der Waals surface area contributed by atoms with Crippen LogP contribution >= 0.6 is 22.6 Å². The number of ether oxygens (including phenoxy) is 1. The third kappa shape index (κ3) is 3.57. The average Bonchev–Trinajstić information content (AvgIpc) is 2.44. The zero-order chi connectivity index (χ0) is 13.3. The van der Waals surface area contributed by atoms with Crippen LogP contribution in [-0.4, -0.2) is 35.2 Å². The fourth-order valence-corrected chi connectivity index (χ4v) is 2.14. The van der Waals surface area contributed by atoms with Crippen molar-refractivity contribution in [2.45, 2.75) is 55.6 Å². The van der Waals surface area contributed by atoms with Gasteiger partial charge in [-0.15, -0.1) is 0 Å². The summed E-state index contributed by atoms with van der Waals surface area (Å²) in [6.45, 7) is 8.10. The van der Waals surface area contributed by atoms with Gasteiger partial charge in [-0.3, -0.25) is 4.79 Å². The van der Waals surface area contributed by atoms with Gasteiger partial charge in [0.1, 0.15) is 0 Å². The Kier molecular flexibility index (Phi) is 4.88.